The molecule has 0 radical (unpaired) electrons. The second-order valence-corrected chi connectivity index (χ2v) is 5.81. The first kappa shape index (κ1) is 19.6. The molecular weight excluding hydrogens is 248 g/mol. The standard InChI is InChI=1S/C18H36O2/c1-3-5-6-7-8-9-10-11-12-13-14-15-16-18(17-19)20-4-2/h17-18H,3-16H2,1-2H3. The maximum atomic E-state index is 10.7. The lowest BCUT2D eigenvalue weighted by atomic mass is 10.0. The highest BCUT2D eigenvalue weighted by Gasteiger charge is 2.05. The van der Waals surface area contributed by atoms with E-state index < -0.39 is 0 Å². The molecule has 0 N–H and O–H groups in total. The lowest BCUT2D eigenvalue weighted by Crippen LogP contribution is -2.13. The summed E-state index contributed by atoms with van der Waals surface area (Å²) >= 11 is 0. The van der Waals surface area contributed by atoms with Crippen LogP contribution < -0.4 is 0 Å². The Hall–Kier alpha value is -0.370. The molecule has 0 aromatic heterocycles. The summed E-state index contributed by atoms with van der Waals surface area (Å²) in [4.78, 5) is 10.7. The Morgan fingerprint density at radius 1 is 0.750 bits per heavy atom. The summed E-state index contributed by atoms with van der Waals surface area (Å²) in [5, 5.41) is 0. The lowest BCUT2D eigenvalue weighted by Gasteiger charge is -2.09. The first-order valence-corrected chi connectivity index (χ1v) is 8.92. The van der Waals surface area contributed by atoms with Crippen molar-refractivity contribution in [3.8, 4) is 0 Å². The summed E-state index contributed by atoms with van der Waals surface area (Å²) in [6.45, 7) is 4.85. The van der Waals surface area contributed by atoms with Crippen molar-refractivity contribution in [2.45, 2.75) is 103 Å². The fourth-order valence-corrected chi connectivity index (χ4v) is 2.59. The van der Waals surface area contributed by atoms with E-state index in [1.54, 1.807) is 0 Å². The summed E-state index contributed by atoms with van der Waals surface area (Å²) in [5.74, 6) is 0. The van der Waals surface area contributed by atoms with Gasteiger partial charge in [-0.15, -0.1) is 0 Å². The van der Waals surface area contributed by atoms with Crippen LogP contribution in [0, 0.1) is 0 Å². The molecule has 2 nitrogen and oxygen atoms in total. The van der Waals surface area contributed by atoms with Crippen LogP contribution in [0.1, 0.15) is 97.3 Å². The van der Waals surface area contributed by atoms with Crippen LogP contribution in [0.5, 0.6) is 0 Å². The molecule has 1 unspecified atom stereocenters. The van der Waals surface area contributed by atoms with E-state index in [9.17, 15) is 4.79 Å². The van der Waals surface area contributed by atoms with E-state index in [1.807, 2.05) is 6.92 Å². The molecule has 0 spiro atoms. The Kier molecular flexibility index (Phi) is 16.4. The molecule has 0 aliphatic rings. The van der Waals surface area contributed by atoms with Gasteiger partial charge in [0, 0.05) is 6.61 Å². The van der Waals surface area contributed by atoms with Crippen molar-refractivity contribution in [2.75, 3.05) is 6.61 Å². The van der Waals surface area contributed by atoms with Gasteiger partial charge >= 0.3 is 0 Å². The van der Waals surface area contributed by atoms with Crippen molar-refractivity contribution in [1.82, 2.24) is 0 Å². The number of hydrogen-bond donors (Lipinski definition) is 0. The third-order valence-electron chi connectivity index (χ3n) is 3.87. The van der Waals surface area contributed by atoms with Crippen molar-refractivity contribution < 1.29 is 9.53 Å². The zero-order valence-corrected chi connectivity index (χ0v) is 13.9. The van der Waals surface area contributed by atoms with Gasteiger partial charge in [-0.05, 0) is 13.3 Å². The number of unbranched alkanes of at least 4 members (excludes halogenated alkanes) is 11. The molecule has 2 heteroatoms. The minimum atomic E-state index is -0.164. The monoisotopic (exact) mass is 284 g/mol. The molecule has 1 atom stereocenters. The van der Waals surface area contributed by atoms with Crippen LogP contribution in [0.3, 0.4) is 0 Å². The molecular formula is C18H36O2. The highest BCUT2D eigenvalue weighted by Crippen LogP contribution is 2.13. The van der Waals surface area contributed by atoms with Crippen molar-refractivity contribution >= 4 is 6.29 Å². The van der Waals surface area contributed by atoms with Crippen LogP contribution in [-0.4, -0.2) is 19.0 Å². The Bertz CT molecular complexity index is 192. The van der Waals surface area contributed by atoms with E-state index in [1.165, 1.54) is 70.6 Å². The number of aldehydes is 1. The van der Waals surface area contributed by atoms with Gasteiger partial charge in [0.05, 0.1) is 0 Å². The van der Waals surface area contributed by atoms with E-state index >= 15 is 0 Å². The average molecular weight is 284 g/mol. The smallest absolute Gasteiger partial charge is 0.148 e. The van der Waals surface area contributed by atoms with E-state index in [2.05, 4.69) is 6.92 Å². The first-order chi connectivity index (χ1) is 9.85. The molecule has 0 bridgehead atoms. The summed E-state index contributed by atoms with van der Waals surface area (Å²) in [6, 6.07) is 0. The fourth-order valence-electron chi connectivity index (χ4n) is 2.59. The van der Waals surface area contributed by atoms with Crippen LogP contribution in [-0.2, 0) is 9.53 Å². The number of ether oxygens (including phenoxy) is 1. The molecule has 0 aliphatic heterocycles. The van der Waals surface area contributed by atoms with E-state index in [0.29, 0.717) is 6.61 Å². The van der Waals surface area contributed by atoms with Crippen LogP contribution >= 0.6 is 0 Å². The van der Waals surface area contributed by atoms with Gasteiger partial charge in [-0.1, -0.05) is 84.0 Å². The van der Waals surface area contributed by atoms with Crippen LogP contribution in [0.4, 0.5) is 0 Å². The topological polar surface area (TPSA) is 26.3 Å². The van der Waals surface area contributed by atoms with Crippen molar-refractivity contribution in [3.05, 3.63) is 0 Å². The first-order valence-electron chi connectivity index (χ1n) is 8.92. The Labute approximate surface area is 126 Å². The quantitative estimate of drug-likeness (QED) is 0.269. The molecule has 0 amide bonds. The Balaban J connectivity index is 3.11. The molecule has 0 fully saturated rings. The molecule has 0 aromatic rings. The minimum absolute atomic E-state index is 0.164. The third-order valence-corrected chi connectivity index (χ3v) is 3.87. The largest absolute Gasteiger partial charge is 0.371 e. The molecule has 0 aromatic carbocycles. The molecule has 0 saturated carbocycles. The molecule has 20 heavy (non-hydrogen) atoms. The second-order valence-electron chi connectivity index (χ2n) is 5.81. The average Bonchev–Trinajstić information content (AvgIpc) is 2.47. The van der Waals surface area contributed by atoms with Gasteiger partial charge in [0.2, 0.25) is 0 Å². The Morgan fingerprint density at radius 3 is 1.60 bits per heavy atom. The van der Waals surface area contributed by atoms with Crippen LogP contribution in [0.2, 0.25) is 0 Å². The summed E-state index contributed by atoms with van der Waals surface area (Å²) < 4.78 is 5.32. The molecule has 0 saturated heterocycles. The summed E-state index contributed by atoms with van der Waals surface area (Å²) in [5.41, 5.74) is 0. The van der Waals surface area contributed by atoms with Gasteiger partial charge in [0.15, 0.2) is 0 Å². The van der Waals surface area contributed by atoms with Gasteiger partial charge in [-0.25, -0.2) is 0 Å². The maximum absolute atomic E-state index is 10.7. The molecule has 0 rings (SSSR count). The summed E-state index contributed by atoms with van der Waals surface area (Å²) in [6.07, 6.45) is 18.0. The number of carbonyl (C=O) groups is 1. The highest BCUT2D eigenvalue weighted by atomic mass is 16.5. The fraction of sp³-hybridized carbons (Fsp3) is 0.944. The van der Waals surface area contributed by atoms with Crippen molar-refractivity contribution in [1.29, 1.82) is 0 Å². The number of carbonyl (C=O) groups excluding carboxylic acids is 1. The molecule has 0 heterocycles. The van der Waals surface area contributed by atoms with E-state index in [-0.39, 0.29) is 6.10 Å². The van der Waals surface area contributed by atoms with Crippen LogP contribution in [0.25, 0.3) is 0 Å². The number of hydrogen-bond acceptors (Lipinski definition) is 2. The number of rotatable bonds is 16. The van der Waals surface area contributed by atoms with Crippen molar-refractivity contribution in [2.24, 2.45) is 0 Å². The van der Waals surface area contributed by atoms with E-state index in [0.717, 1.165) is 19.1 Å². The van der Waals surface area contributed by atoms with Crippen molar-refractivity contribution in [3.63, 3.8) is 0 Å². The lowest BCUT2D eigenvalue weighted by molar-refractivity contribution is -0.118. The van der Waals surface area contributed by atoms with Gasteiger partial charge in [-0.3, -0.25) is 0 Å². The zero-order valence-electron chi connectivity index (χ0n) is 13.9. The third kappa shape index (κ3) is 14.0. The minimum Gasteiger partial charge on any atom is -0.371 e. The summed E-state index contributed by atoms with van der Waals surface area (Å²) in [7, 11) is 0. The SMILES string of the molecule is CCCCCCCCCCCCCCC(C=O)OCC. The van der Waals surface area contributed by atoms with Gasteiger partial charge in [0.25, 0.3) is 0 Å². The molecule has 0 aliphatic carbocycles. The Morgan fingerprint density at radius 2 is 1.20 bits per heavy atom. The van der Waals surface area contributed by atoms with Crippen LogP contribution in [0.15, 0.2) is 0 Å². The maximum Gasteiger partial charge on any atom is 0.148 e. The van der Waals surface area contributed by atoms with E-state index in [4.69, 9.17) is 4.74 Å². The molecule has 120 valence electrons. The zero-order chi connectivity index (χ0) is 14.9. The van der Waals surface area contributed by atoms with Gasteiger partial charge in [0.1, 0.15) is 12.4 Å². The predicted molar refractivity (Wildman–Crippen MR) is 87.2 cm³/mol. The predicted octanol–water partition coefficient (Wildman–Crippen LogP) is 5.68. The van der Waals surface area contributed by atoms with Gasteiger partial charge < -0.3 is 9.53 Å². The normalized spacial score (nSPS) is 12.5. The highest BCUT2D eigenvalue weighted by molar-refractivity contribution is 5.55. The van der Waals surface area contributed by atoms with Gasteiger partial charge in [-0.2, -0.15) is 0 Å². The second kappa shape index (κ2) is 16.7.